The molecule has 0 atom stereocenters. The number of para-hydroxylation sites is 2. The number of nitrogens with zero attached hydrogens (tertiary/aromatic N) is 2. The molecular weight excluding hydrogens is 560 g/mol. The SMILES string of the molecule is CCC[N+]1=C(C=CC(Br)=CC=C2N(CCCS(=O)(=O)O)c3ccccc3C2(C)C)C(C)(C)c2ccccc21. The normalized spacial score (nSPS) is 19.5. The molecule has 5 nitrogen and oxygen atoms in total. The Kier molecular flexibility index (Phi) is 8.22. The Morgan fingerprint density at radius 1 is 1.03 bits per heavy atom. The second-order valence-corrected chi connectivity index (χ2v) is 13.5. The fraction of sp³-hybridized carbons (Fsp3) is 0.387. The first-order chi connectivity index (χ1) is 17.9. The minimum absolute atomic E-state index is 0.0903. The van der Waals surface area contributed by atoms with Gasteiger partial charge in [-0.2, -0.15) is 13.0 Å². The number of fused-ring (bicyclic) bond motifs is 2. The molecule has 4 rings (SSSR count). The monoisotopic (exact) mass is 597 g/mol. The highest BCUT2D eigenvalue weighted by Crippen LogP contribution is 2.47. The van der Waals surface area contributed by atoms with Gasteiger partial charge in [0.15, 0.2) is 5.71 Å². The molecular formula is C31H38BrN2O3S+. The fourth-order valence-corrected chi connectivity index (χ4v) is 6.52. The third-order valence-corrected chi connectivity index (χ3v) is 8.96. The van der Waals surface area contributed by atoms with Crippen molar-refractivity contribution in [2.24, 2.45) is 0 Å². The molecule has 2 aromatic carbocycles. The van der Waals surface area contributed by atoms with Crippen molar-refractivity contribution in [2.45, 2.75) is 58.3 Å². The molecule has 0 aliphatic carbocycles. The summed E-state index contributed by atoms with van der Waals surface area (Å²) in [6, 6.07) is 16.9. The molecule has 0 fully saturated rings. The van der Waals surface area contributed by atoms with Gasteiger partial charge in [-0.3, -0.25) is 4.55 Å². The standard InChI is InChI=1S/C31H37BrN2O3S/c1-6-20-33-26-14-9-7-12-24(26)30(2,3)28(33)18-16-23(32)17-19-29-31(4,5)25-13-8-10-15-27(25)34(29)21-11-22-38(35,36)37/h7-10,12-19H,6,11,20-22H2,1-5H3/p+1. The third kappa shape index (κ3) is 5.61. The Bertz CT molecular complexity index is 1450. The number of benzene rings is 2. The van der Waals surface area contributed by atoms with Crippen molar-refractivity contribution in [3.63, 3.8) is 0 Å². The van der Waals surface area contributed by atoms with Gasteiger partial charge >= 0.3 is 0 Å². The van der Waals surface area contributed by atoms with Gasteiger partial charge in [0.2, 0.25) is 5.69 Å². The topological polar surface area (TPSA) is 60.6 Å². The molecule has 0 bridgehead atoms. The molecule has 0 unspecified atom stereocenters. The molecule has 0 spiro atoms. The average molecular weight is 599 g/mol. The molecule has 0 saturated heterocycles. The van der Waals surface area contributed by atoms with Gasteiger partial charge in [0.1, 0.15) is 6.54 Å². The molecule has 0 amide bonds. The Balaban J connectivity index is 1.65. The van der Waals surface area contributed by atoms with Gasteiger partial charge in [0.25, 0.3) is 10.1 Å². The molecule has 2 aromatic rings. The lowest BCUT2D eigenvalue weighted by atomic mass is 9.81. The lowest BCUT2D eigenvalue weighted by Crippen LogP contribution is -2.28. The van der Waals surface area contributed by atoms with Crippen molar-refractivity contribution in [2.75, 3.05) is 23.7 Å². The van der Waals surface area contributed by atoms with Crippen LogP contribution in [-0.2, 0) is 20.9 Å². The number of halogens is 1. The van der Waals surface area contributed by atoms with Crippen LogP contribution in [0.3, 0.4) is 0 Å². The zero-order valence-corrected chi connectivity index (χ0v) is 25.3. The molecule has 1 N–H and O–H groups in total. The maximum atomic E-state index is 11.3. The van der Waals surface area contributed by atoms with Gasteiger partial charge in [0.05, 0.1) is 11.2 Å². The Morgan fingerprint density at radius 3 is 2.37 bits per heavy atom. The summed E-state index contributed by atoms with van der Waals surface area (Å²) in [6.07, 6.45) is 9.91. The average Bonchev–Trinajstić information content (AvgIpc) is 3.20. The molecule has 7 heteroatoms. The largest absolute Gasteiger partial charge is 0.344 e. The molecule has 202 valence electrons. The summed E-state index contributed by atoms with van der Waals surface area (Å²) in [7, 11) is -4.00. The third-order valence-electron chi connectivity index (χ3n) is 7.63. The predicted octanol–water partition coefficient (Wildman–Crippen LogP) is 7.27. The maximum Gasteiger partial charge on any atom is 0.264 e. The van der Waals surface area contributed by atoms with Crippen LogP contribution in [0.1, 0.15) is 58.6 Å². The number of hydrogen-bond donors (Lipinski definition) is 1. The Labute approximate surface area is 236 Å². The second-order valence-electron chi connectivity index (χ2n) is 11.0. The van der Waals surface area contributed by atoms with Crippen LogP contribution in [0.5, 0.6) is 0 Å². The molecule has 0 radical (unpaired) electrons. The van der Waals surface area contributed by atoms with Gasteiger partial charge in [-0.1, -0.05) is 73.1 Å². The van der Waals surface area contributed by atoms with Gasteiger partial charge in [-0.25, -0.2) is 0 Å². The first kappa shape index (κ1) is 28.5. The highest BCUT2D eigenvalue weighted by molar-refractivity contribution is 9.11. The van der Waals surface area contributed by atoms with Gasteiger partial charge in [0, 0.05) is 52.0 Å². The van der Waals surface area contributed by atoms with E-state index in [9.17, 15) is 13.0 Å². The van der Waals surface area contributed by atoms with Crippen LogP contribution in [0.15, 0.2) is 83.0 Å². The number of allylic oxidation sites excluding steroid dienone is 6. The molecule has 0 aromatic heterocycles. The lowest BCUT2D eigenvalue weighted by Gasteiger charge is -2.27. The highest BCUT2D eigenvalue weighted by Gasteiger charge is 2.43. The quantitative estimate of drug-likeness (QED) is 0.187. The maximum absolute atomic E-state index is 11.3. The summed E-state index contributed by atoms with van der Waals surface area (Å²) in [6.45, 7) is 12.6. The summed E-state index contributed by atoms with van der Waals surface area (Å²) in [4.78, 5) is 2.18. The van der Waals surface area contributed by atoms with Crippen LogP contribution in [0.25, 0.3) is 0 Å². The van der Waals surface area contributed by atoms with Crippen molar-refractivity contribution < 1.29 is 17.5 Å². The minimum atomic E-state index is -4.00. The van der Waals surface area contributed by atoms with E-state index in [1.807, 2.05) is 12.1 Å². The summed E-state index contributed by atoms with van der Waals surface area (Å²) in [5.74, 6) is -0.257. The van der Waals surface area contributed by atoms with Crippen LogP contribution < -0.4 is 4.90 Å². The fourth-order valence-electron chi connectivity index (χ4n) is 5.77. The van der Waals surface area contributed by atoms with E-state index in [4.69, 9.17) is 0 Å². The molecule has 0 saturated carbocycles. The first-order valence-electron chi connectivity index (χ1n) is 13.2. The van der Waals surface area contributed by atoms with E-state index in [2.05, 4.69) is 121 Å². The molecule has 2 aliphatic heterocycles. The van der Waals surface area contributed by atoms with Gasteiger partial charge in [-0.15, -0.1) is 0 Å². The van der Waals surface area contributed by atoms with Crippen LogP contribution in [0.2, 0.25) is 0 Å². The van der Waals surface area contributed by atoms with Gasteiger partial charge < -0.3 is 4.90 Å². The van der Waals surface area contributed by atoms with Crippen LogP contribution in [0, 0.1) is 0 Å². The van der Waals surface area contributed by atoms with E-state index in [1.165, 1.54) is 22.5 Å². The van der Waals surface area contributed by atoms with Crippen molar-refractivity contribution in [1.29, 1.82) is 0 Å². The van der Waals surface area contributed by atoms with E-state index >= 15 is 0 Å². The highest BCUT2D eigenvalue weighted by atomic mass is 79.9. The summed E-state index contributed by atoms with van der Waals surface area (Å²) >= 11 is 3.76. The van der Waals surface area contributed by atoms with Crippen LogP contribution in [0.4, 0.5) is 11.4 Å². The van der Waals surface area contributed by atoms with Crippen molar-refractivity contribution in [3.8, 4) is 0 Å². The van der Waals surface area contributed by atoms with Crippen LogP contribution >= 0.6 is 15.9 Å². The smallest absolute Gasteiger partial charge is 0.264 e. The van der Waals surface area contributed by atoms with Crippen molar-refractivity contribution in [3.05, 3.63) is 94.1 Å². The summed E-state index contributed by atoms with van der Waals surface area (Å²) < 4.78 is 35.3. The zero-order valence-electron chi connectivity index (χ0n) is 22.9. The lowest BCUT2D eigenvalue weighted by molar-refractivity contribution is -0.437. The minimum Gasteiger partial charge on any atom is -0.344 e. The summed E-state index contributed by atoms with van der Waals surface area (Å²) in [5.41, 5.74) is 6.95. The van der Waals surface area contributed by atoms with E-state index < -0.39 is 10.1 Å². The number of rotatable bonds is 9. The number of hydrogen-bond acceptors (Lipinski definition) is 3. The second kappa shape index (κ2) is 10.9. The Morgan fingerprint density at radius 2 is 1.68 bits per heavy atom. The van der Waals surface area contributed by atoms with E-state index in [-0.39, 0.29) is 16.6 Å². The van der Waals surface area contributed by atoms with E-state index in [0.29, 0.717) is 13.0 Å². The molecule has 2 aliphatic rings. The Hall–Kier alpha value is -2.48. The van der Waals surface area contributed by atoms with Crippen molar-refractivity contribution >= 4 is 43.1 Å². The van der Waals surface area contributed by atoms with E-state index in [0.717, 1.165) is 28.8 Å². The zero-order chi connectivity index (χ0) is 27.7. The van der Waals surface area contributed by atoms with Crippen LogP contribution in [-0.4, -0.2) is 42.1 Å². The van der Waals surface area contributed by atoms with E-state index in [1.54, 1.807) is 0 Å². The molecule has 2 heterocycles. The van der Waals surface area contributed by atoms with Gasteiger partial charge in [-0.05, 0) is 50.1 Å². The predicted molar refractivity (Wildman–Crippen MR) is 162 cm³/mol. The molecule has 38 heavy (non-hydrogen) atoms. The summed E-state index contributed by atoms with van der Waals surface area (Å²) in [5, 5.41) is 0. The first-order valence-corrected chi connectivity index (χ1v) is 15.6. The number of anilines is 1. The van der Waals surface area contributed by atoms with Crippen molar-refractivity contribution in [1.82, 2.24) is 0 Å².